The van der Waals surface area contributed by atoms with E-state index in [1.807, 2.05) is 44.2 Å². The van der Waals surface area contributed by atoms with Gasteiger partial charge in [-0.2, -0.15) is 0 Å². The number of rotatable bonds is 5. The van der Waals surface area contributed by atoms with Crippen LogP contribution in [0.3, 0.4) is 0 Å². The van der Waals surface area contributed by atoms with Gasteiger partial charge in [0.05, 0.1) is 11.6 Å². The molecular weight excluding hydrogens is 321 g/mol. The number of primary amides is 1. The van der Waals surface area contributed by atoms with E-state index in [4.69, 9.17) is 5.73 Å². The zero-order chi connectivity index (χ0) is 18.6. The normalized spacial score (nSPS) is 11.9. The Morgan fingerprint density at radius 1 is 1.12 bits per heavy atom. The van der Waals surface area contributed by atoms with E-state index in [0.717, 1.165) is 11.6 Å². The van der Waals surface area contributed by atoms with Crippen LogP contribution in [0.4, 0.5) is 14.9 Å². The second-order valence-corrected chi connectivity index (χ2v) is 6.20. The molecule has 0 unspecified atom stereocenters. The number of carbonyl (C=O) groups is 2. The highest BCUT2D eigenvalue weighted by Gasteiger charge is 2.24. The van der Waals surface area contributed by atoms with Crippen LogP contribution in [-0.2, 0) is 0 Å². The number of carbonyl (C=O) groups excluding carboxylic acids is 2. The van der Waals surface area contributed by atoms with Gasteiger partial charge in [0, 0.05) is 12.7 Å². The number of hydrogen-bond donors (Lipinski definition) is 2. The van der Waals surface area contributed by atoms with Gasteiger partial charge in [0.2, 0.25) is 0 Å². The summed E-state index contributed by atoms with van der Waals surface area (Å²) >= 11 is 0. The minimum atomic E-state index is -0.851. The smallest absolute Gasteiger partial charge is 0.322 e. The van der Waals surface area contributed by atoms with Crippen LogP contribution in [0.25, 0.3) is 0 Å². The summed E-state index contributed by atoms with van der Waals surface area (Å²) in [5.74, 6) is -1.43. The Balaban J connectivity index is 2.18. The van der Waals surface area contributed by atoms with Crippen molar-refractivity contribution in [2.24, 2.45) is 11.7 Å². The molecule has 0 radical (unpaired) electrons. The molecule has 0 fully saturated rings. The van der Waals surface area contributed by atoms with E-state index in [1.54, 1.807) is 11.9 Å². The number of nitrogens with zero attached hydrogens (tertiary/aromatic N) is 1. The number of hydrogen-bond acceptors (Lipinski definition) is 2. The molecule has 0 saturated carbocycles. The van der Waals surface area contributed by atoms with Crippen LogP contribution in [0.5, 0.6) is 0 Å². The van der Waals surface area contributed by atoms with Crippen molar-refractivity contribution in [1.82, 2.24) is 4.90 Å². The Morgan fingerprint density at radius 2 is 1.76 bits per heavy atom. The molecule has 1 atom stereocenters. The van der Waals surface area contributed by atoms with E-state index in [-0.39, 0.29) is 29.2 Å². The first-order valence-electron chi connectivity index (χ1n) is 7.99. The Morgan fingerprint density at radius 3 is 2.28 bits per heavy atom. The molecule has 0 bridgehead atoms. The fourth-order valence-corrected chi connectivity index (χ4v) is 2.84. The van der Waals surface area contributed by atoms with Gasteiger partial charge < -0.3 is 16.0 Å². The summed E-state index contributed by atoms with van der Waals surface area (Å²) in [4.78, 5) is 25.2. The molecule has 6 heteroatoms. The maximum absolute atomic E-state index is 13.8. The fraction of sp³-hybridized carbons (Fsp3) is 0.263. The van der Waals surface area contributed by atoms with Gasteiger partial charge in [-0.3, -0.25) is 4.79 Å². The second kappa shape index (κ2) is 7.79. The first kappa shape index (κ1) is 18.4. The van der Waals surface area contributed by atoms with Crippen molar-refractivity contribution in [3.63, 3.8) is 0 Å². The highest BCUT2D eigenvalue weighted by atomic mass is 19.1. The van der Waals surface area contributed by atoms with Gasteiger partial charge in [-0.15, -0.1) is 0 Å². The highest BCUT2D eigenvalue weighted by molar-refractivity contribution is 5.94. The van der Waals surface area contributed by atoms with E-state index >= 15 is 0 Å². The molecule has 25 heavy (non-hydrogen) atoms. The molecular formula is C19H22FN3O2. The summed E-state index contributed by atoms with van der Waals surface area (Å²) in [7, 11) is 1.70. The van der Waals surface area contributed by atoms with E-state index < -0.39 is 11.7 Å². The van der Waals surface area contributed by atoms with Gasteiger partial charge in [-0.05, 0) is 29.7 Å². The van der Waals surface area contributed by atoms with Gasteiger partial charge in [0.1, 0.15) is 5.82 Å². The molecule has 132 valence electrons. The van der Waals surface area contributed by atoms with Crippen molar-refractivity contribution in [2.45, 2.75) is 19.9 Å². The van der Waals surface area contributed by atoms with Gasteiger partial charge in [0.15, 0.2) is 0 Å². The van der Waals surface area contributed by atoms with Crippen LogP contribution in [0, 0.1) is 11.7 Å². The molecule has 2 aromatic carbocycles. The number of nitrogens with two attached hydrogens (primary N) is 1. The van der Waals surface area contributed by atoms with Crippen molar-refractivity contribution in [3.8, 4) is 0 Å². The molecule has 0 spiro atoms. The maximum atomic E-state index is 13.8. The largest absolute Gasteiger partial charge is 0.366 e. The third-order valence-corrected chi connectivity index (χ3v) is 4.00. The lowest BCUT2D eigenvalue weighted by atomic mass is 9.95. The first-order valence-corrected chi connectivity index (χ1v) is 7.99. The monoisotopic (exact) mass is 343 g/mol. The number of anilines is 1. The molecule has 2 aromatic rings. The van der Waals surface area contributed by atoms with Gasteiger partial charge >= 0.3 is 6.03 Å². The molecule has 3 amide bonds. The quantitative estimate of drug-likeness (QED) is 0.867. The average Bonchev–Trinajstić information content (AvgIpc) is 2.55. The summed E-state index contributed by atoms with van der Waals surface area (Å²) in [6.07, 6.45) is 0. The topological polar surface area (TPSA) is 75.4 Å². The van der Waals surface area contributed by atoms with Crippen LogP contribution < -0.4 is 11.1 Å². The maximum Gasteiger partial charge on any atom is 0.322 e. The van der Waals surface area contributed by atoms with Crippen LogP contribution >= 0.6 is 0 Å². The lowest BCUT2D eigenvalue weighted by Crippen LogP contribution is -2.37. The molecule has 0 saturated heterocycles. The Bertz CT molecular complexity index is 763. The van der Waals surface area contributed by atoms with Crippen molar-refractivity contribution in [3.05, 3.63) is 65.5 Å². The SMILES string of the molecule is CC(C)[C@H](c1ccccc1)N(C)C(=O)Nc1ccc(C(N)=O)c(F)c1. The van der Waals surface area contributed by atoms with E-state index in [2.05, 4.69) is 5.32 Å². The summed E-state index contributed by atoms with van der Waals surface area (Å²) in [5, 5.41) is 2.65. The standard InChI is InChI=1S/C19H22FN3O2/c1-12(2)17(13-7-5-4-6-8-13)23(3)19(25)22-14-9-10-15(18(21)24)16(20)11-14/h4-12,17H,1-3H3,(H2,21,24)(H,22,25)/t17-/m1/s1. The Kier molecular flexibility index (Phi) is 5.75. The van der Waals surface area contributed by atoms with Crippen molar-refractivity contribution in [1.29, 1.82) is 0 Å². The molecule has 0 aliphatic carbocycles. The molecule has 0 aromatic heterocycles. The summed E-state index contributed by atoms with van der Waals surface area (Å²) in [5.41, 5.74) is 6.14. The second-order valence-electron chi connectivity index (χ2n) is 6.20. The summed E-state index contributed by atoms with van der Waals surface area (Å²) in [6.45, 7) is 4.06. The van der Waals surface area contributed by atoms with E-state index in [9.17, 15) is 14.0 Å². The van der Waals surface area contributed by atoms with Crippen molar-refractivity contribution >= 4 is 17.6 Å². The molecule has 0 aliphatic heterocycles. The van der Waals surface area contributed by atoms with Gasteiger partial charge in [-0.25, -0.2) is 9.18 Å². The van der Waals surface area contributed by atoms with Crippen molar-refractivity contribution in [2.75, 3.05) is 12.4 Å². The summed E-state index contributed by atoms with van der Waals surface area (Å²) in [6, 6.07) is 13.0. The van der Waals surface area contributed by atoms with Crippen LogP contribution in [0.1, 0.15) is 35.8 Å². The zero-order valence-corrected chi connectivity index (χ0v) is 14.5. The number of halogens is 1. The Hall–Kier alpha value is -2.89. The number of nitrogens with one attached hydrogen (secondary N) is 1. The predicted molar refractivity (Wildman–Crippen MR) is 95.7 cm³/mol. The molecule has 3 N–H and O–H groups in total. The number of benzene rings is 2. The first-order chi connectivity index (χ1) is 11.8. The van der Waals surface area contributed by atoms with Gasteiger partial charge in [-0.1, -0.05) is 44.2 Å². The molecule has 0 heterocycles. The van der Waals surface area contributed by atoms with Crippen LogP contribution in [-0.4, -0.2) is 23.9 Å². The zero-order valence-electron chi connectivity index (χ0n) is 14.5. The molecule has 5 nitrogen and oxygen atoms in total. The van der Waals surface area contributed by atoms with E-state index in [1.165, 1.54) is 12.1 Å². The number of urea groups is 1. The predicted octanol–water partition coefficient (Wildman–Crippen LogP) is 3.79. The lowest BCUT2D eigenvalue weighted by molar-refractivity contribution is 0.0996. The summed E-state index contributed by atoms with van der Waals surface area (Å²) < 4.78 is 13.8. The third-order valence-electron chi connectivity index (χ3n) is 4.00. The van der Waals surface area contributed by atoms with E-state index in [0.29, 0.717) is 0 Å². The number of amides is 3. The van der Waals surface area contributed by atoms with Crippen molar-refractivity contribution < 1.29 is 14.0 Å². The fourth-order valence-electron chi connectivity index (χ4n) is 2.84. The van der Waals surface area contributed by atoms with Crippen LogP contribution in [0.15, 0.2) is 48.5 Å². The Labute approximate surface area is 146 Å². The lowest BCUT2D eigenvalue weighted by Gasteiger charge is -2.31. The minimum Gasteiger partial charge on any atom is -0.366 e. The average molecular weight is 343 g/mol. The molecule has 2 rings (SSSR count). The highest BCUT2D eigenvalue weighted by Crippen LogP contribution is 2.28. The van der Waals surface area contributed by atoms with Crippen LogP contribution in [0.2, 0.25) is 0 Å². The molecule has 0 aliphatic rings. The third kappa shape index (κ3) is 4.35. The van der Waals surface area contributed by atoms with Gasteiger partial charge in [0.25, 0.3) is 5.91 Å². The minimum absolute atomic E-state index is 0.129.